The molecule has 0 saturated heterocycles. The van der Waals surface area contributed by atoms with Crippen molar-refractivity contribution in [2.75, 3.05) is 18.5 Å². The van der Waals surface area contributed by atoms with Gasteiger partial charge in [-0.2, -0.15) is 0 Å². The van der Waals surface area contributed by atoms with Gasteiger partial charge in [0.2, 0.25) is 5.91 Å². The number of anilines is 1. The van der Waals surface area contributed by atoms with E-state index in [4.69, 9.17) is 0 Å². The lowest BCUT2D eigenvalue weighted by atomic mass is 10.2. The second-order valence-corrected chi connectivity index (χ2v) is 5.43. The van der Waals surface area contributed by atoms with E-state index in [0.29, 0.717) is 11.6 Å². The minimum atomic E-state index is -0.00294. The van der Waals surface area contributed by atoms with Crippen molar-refractivity contribution in [3.05, 3.63) is 28.2 Å². The molecule has 1 aliphatic carbocycles. The highest BCUT2D eigenvalue weighted by Gasteiger charge is 2.23. The predicted molar refractivity (Wildman–Crippen MR) is 74.0 cm³/mol. The van der Waals surface area contributed by atoms with Crippen LogP contribution in [0.15, 0.2) is 22.7 Å². The highest BCUT2D eigenvalue weighted by atomic mass is 79.9. The lowest BCUT2D eigenvalue weighted by Gasteiger charge is -2.20. The molecular weight excluding hydrogens is 296 g/mol. The van der Waals surface area contributed by atoms with Crippen LogP contribution in [0.3, 0.4) is 0 Å². The number of amides is 1. The van der Waals surface area contributed by atoms with Gasteiger partial charge in [0.05, 0.1) is 6.54 Å². The summed E-state index contributed by atoms with van der Waals surface area (Å²) in [6.07, 6.45) is 2.95. The highest BCUT2D eigenvalue weighted by molar-refractivity contribution is 9.10. The first-order valence-corrected chi connectivity index (χ1v) is 6.64. The molecule has 0 aliphatic heterocycles. The van der Waals surface area contributed by atoms with Gasteiger partial charge < -0.3 is 10.2 Å². The van der Waals surface area contributed by atoms with Crippen LogP contribution in [0.2, 0.25) is 0 Å². The normalized spacial score (nSPS) is 14.1. The van der Waals surface area contributed by atoms with Crippen molar-refractivity contribution in [3.8, 4) is 0 Å². The Kier molecular flexibility index (Phi) is 4.01. The second-order valence-electron chi connectivity index (χ2n) is 4.52. The number of hydrogen-bond acceptors (Lipinski definition) is 3. The zero-order valence-corrected chi connectivity index (χ0v) is 11.7. The van der Waals surface area contributed by atoms with Crippen molar-refractivity contribution >= 4 is 33.8 Å². The fourth-order valence-corrected chi connectivity index (χ4v) is 2.10. The number of aldehydes is 1. The van der Waals surface area contributed by atoms with E-state index < -0.39 is 0 Å². The zero-order valence-electron chi connectivity index (χ0n) is 10.1. The van der Waals surface area contributed by atoms with Crippen LogP contribution in [0.4, 0.5) is 5.69 Å². The maximum Gasteiger partial charge on any atom is 0.239 e. The van der Waals surface area contributed by atoms with Crippen LogP contribution in [0.5, 0.6) is 0 Å². The minimum Gasteiger partial charge on any atom is -0.365 e. The molecule has 0 aromatic heterocycles. The van der Waals surface area contributed by atoms with Crippen LogP contribution in [-0.4, -0.2) is 31.8 Å². The summed E-state index contributed by atoms with van der Waals surface area (Å²) in [5, 5.41) is 2.93. The summed E-state index contributed by atoms with van der Waals surface area (Å²) in [5.74, 6) is -0.00294. The van der Waals surface area contributed by atoms with Crippen molar-refractivity contribution in [1.82, 2.24) is 5.32 Å². The highest BCUT2D eigenvalue weighted by Crippen LogP contribution is 2.23. The Hall–Kier alpha value is -1.36. The Morgan fingerprint density at radius 1 is 1.56 bits per heavy atom. The number of rotatable bonds is 5. The molecule has 1 amide bonds. The van der Waals surface area contributed by atoms with Crippen molar-refractivity contribution in [3.63, 3.8) is 0 Å². The van der Waals surface area contributed by atoms with Gasteiger partial charge >= 0.3 is 0 Å². The molecule has 96 valence electrons. The van der Waals surface area contributed by atoms with Crippen LogP contribution in [-0.2, 0) is 4.79 Å². The van der Waals surface area contributed by atoms with Crippen molar-refractivity contribution in [2.45, 2.75) is 18.9 Å². The molecule has 0 unspecified atom stereocenters. The van der Waals surface area contributed by atoms with Crippen molar-refractivity contribution in [2.24, 2.45) is 0 Å². The Bertz CT molecular complexity index is 472. The number of halogens is 1. The number of nitrogens with zero attached hydrogens (tertiary/aromatic N) is 1. The van der Waals surface area contributed by atoms with Crippen molar-refractivity contribution in [1.29, 1.82) is 0 Å². The quantitative estimate of drug-likeness (QED) is 0.846. The van der Waals surface area contributed by atoms with Crippen LogP contribution < -0.4 is 10.2 Å². The first-order valence-electron chi connectivity index (χ1n) is 5.85. The fourth-order valence-electron chi connectivity index (χ4n) is 1.75. The molecule has 18 heavy (non-hydrogen) atoms. The number of hydrogen-bond donors (Lipinski definition) is 1. The lowest BCUT2D eigenvalue weighted by molar-refractivity contribution is -0.119. The van der Waals surface area contributed by atoms with E-state index in [1.165, 1.54) is 0 Å². The van der Waals surface area contributed by atoms with Gasteiger partial charge in [-0.25, -0.2) is 0 Å². The zero-order chi connectivity index (χ0) is 13.1. The maximum atomic E-state index is 11.7. The first kappa shape index (κ1) is 13.1. The molecule has 1 aliphatic rings. The van der Waals surface area contributed by atoms with Gasteiger partial charge in [0.25, 0.3) is 0 Å². The molecule has 1 aromatic carbocycles. The molecule has 1 saturated carbocycles. The molecular formula is C13H15BrN2O2. The predicted octanol–water partition coefficient (Wildman–Crippen LogP) is 1.98. The summed E-state index contributed by atoms with van der Waals surface area (Å²) in [4.78, 5) is 24.5. The van der Waals surface area contributed by atoms with E-state index in [1.807, 2.05) is 12.1 Å². The number of carbonyl (C=O) groups is 2. The van der Waals surface area contributed by atoms with Gasteiger partial charge in [0.15, 0.2) is 6.29 Å². The van der Waals surface area contributed by atoms with Crippen LogP contribution in [0.1, 0.15) is 23.2 Å². The fraction of sp³-hybridized carbons (Fsp3) is 0.385. The molecule has 5 heteroatoms. The Morgan fingerprint density at radius 2 is 2.28 bits per heavy atom. The Balaban J connectivity index is 2.06. The average molecular weight is 311 g/mol. The van der Waals surface area contributed by atoms with E-state index in [0.717, 1.165) is 29.3 Å². The summed E-state index contributed by atoms with van der Waals surface area (Å²) in [7, 11) is 1.81. The molecule has 2 rings (SSSR count). The van der Waals surface area contributed by atoms with Crippen LogP contribution in [0, 0.1) is 0 Å². The number of nitrogens with one attached hydrogen (secondary N) is 1. The SMILES string of the molecule is CN(CC(=O)NC1CC1)c1cc(Br)ccc1C=O. The third-order valence-electron chi connectivity index (χ3n) is 2.85. The third kappa shape index (κ3) is 3.32. The molecule has 0 bridgehead atoms. The summed E-state index contributed by atoms with van der Waals surface area (Å²) < 4.78 is 0.887. The van der Waals surface area contributed by atoms with Gasteiger partial charge in [-0.3, -0.25) is 9.59 Å². The summed E-state index contributed by atoms with van der Waals surface area (Å²) in [5.41, 5.74) is 1.34. The second kappa shape index (κ2) is 5.52. The van der Waals surface area contributed by atoms with E-state index >= 15 is 0 Å². The van der Waals surface area contributed by atoms with Gasteiger partial charge in [0.1, 0.15) is 0 Å². The van der Waals surface area contributed by atoms with Crippen molar-refractivity contribution < 1.29 is 9.59 Å². The Labute approximate surface area is 114 Å². The molecule has 1 aromatic rings. The summed E-state index contributed by atoms with van der Waals surface area (Å²) >= 11 is 3.37. The largest absolute Gasteiger partial charge is 0.365 e. The van der Waals surface area contributed by atoms with E-state index in [1.54, 1.807) is 18.0 Å². The van der Waals surface area contributed by atoms with E-state index in [2.05, 4.69) is 21.2 Å². The van der Waals surface area contributed by atoms with E-state index in [9.17, 15) is 9.59 Å². The summed E-state index contributed by atoms with van der Waals surface area (Å²) in [6.45, 7) is 0.258. The number of likely N-dealkylation sites (N-methyl/N-ethyl adjacent to an activating group) is 1. The van der Waals surface area contributed by atoms with Gasteiger partial charge in [0, 0.05) is 28.8 Å². The molecule has 0 spiro atoms. The molecule has 0 radical (unpaired) electrons. The summed E-state index contributed by atoms with van der Waals surface area (Å²) in [6, 6.07) is 5.75. The monoisotopic (exact) mass is 310 g/mol. The van der Waals surface area contributed by atoms with Gasteiger partial charge in [-0.1, -0.05) is 15.9 Å². The van der Waals surface area contributed by atoms with Gasteiger partial charge in [-0.05, 0) is 31.0 Å². The smallest absolute Gasteiger partial charge is 0.239 e. The topological polar surface area (TPSA) is 49.4 Å². The van der Waals surface area contributed by atoms with Crippen LogP contribution >= 0.6 is 15.9 Å². The lowest BCUT2D eigenvalue weighted by Crippen LogP contribution is -2.36. The minimum absolute atomic E-state index is 0.00294. The van der Waals surface area contributed by atoms with Crippen LogP contribution in [0.25, 0.3) is 0 Å². The van der Waals surface area contributed by atoms with Gasteiger partial charge in [-0.15, -0.1) is 0 Å². The number of benzene rings is 1. The number of carbonyl (C=O) groups excluding carboxylic acids is 2. The van der Waals surface area contributed by atoms with E-state index in [-0.39, 0.29) is 12.5 Å². The Morgan fingerprint density at radius 3 is 2.89 bits per heavy atom. The standard InChI is InChI=1S/C13H15BrN2O2/c1-16(7-13(18)15-11-4-5-11)12-6-10(14)3-2-9(12)8-17/h2-3,6,8,11H,4-5,7H2,1H3,(H,15,18). The third-order valence-corrected chi connectivity index (χ3v) is 3.35. The molecule has 0 heterocycles. The molecule has 0 atom stereocenters. The molecule has 1 N–H and O–H groups in total. The maximum absolute atomic E-state index is 11.7. The molecule has 1 fully saturated rings. The first-order chi connectivity index (χ1) is 8.60. The molecule has 4 nitrogen and oxygen atoms in total. The average Bonchev–Trinajstić information content (AvgIpc) is 3.12.